The van der Waals surface area contributed by atoms with Crippen LogP contribution in [0.4, 0.5) is 15.9 Å². The average Bonchev–Trinajstić information content (AvgIpc) is 3.37. The number of benzene rings is 2. The third kappa shape index (κ3) is 5.92. The lowest BCUT2D eigenvalue weighted by molar-refractivity contribution is -0.177. The van der Waals surface area contributed by atoms with Gasteiger partial charge in [0.05, 0.1) is 30.3 Å². The molecule has 2 aromatic carbocycles. The third-order valence-electron chi connectivity index (χ3n) is 6.39. The van der Waals surface area contributed by atoms with E-state index in [0.29, 0.717) is 60.1 Å². The van der Waals surface area contributed by atoms with Crippen molar-refractivity contribution in [2.24, 2.45) is 0 Å². The van der Waals surface area contributed by atoms with Crippen molar-refractivity contribution in [3.8, 4) is 11.5 Å². The first kappa shape index (κ1) is 26.4. The highest BCUT2D eigenvalue weighted by molar-refractivity contribution is 6.31. The van der Waals surface area contributed by atoms with E-state index < -0.39 is 17.6 Å². The maximum absolute atomic E-state index is 13.7. The van der Waals surface area contributed by atoms with Gasteiger partial charge in [0.1, 0.15) is 29.7 Å². The molecule has 5 rings (SSSR count). The van der Waals surface area contributed by atoms with Crippen molar-refractivity contribution < 1.29 is 28.1 Å². The van der Waals surface area contributed by atoms with Crippen LogP contribution in [0.5, 0.6) is 11.5 Å². The average molecular weight is 545 g/mol. The number of nitrogens with one attached hydrogen (secondary N) is 1. The maximum Gasteiger partial charge on any atom is 0.320 e. The van der Waals surface area contributed by atoms with Gasteiger partial charge in [0.15, 0.2) is 17.7 Å². The summed E-state index contributed by atoms with van der Waals surface area (Å²) in [6, 6.07) is 7.99. The van der Waals surface area contributed by atoms with E-state index in [4.69, 9.17) is 30.5 Å². The summed E-state index contributed by atoms with van der Waals surface area (Å²) in [5.41, 5.74) is 0.577. The fourth-order valence-electron chi connectivity index (χ4n) is 4.69. The van der Waals surface area contributed by atoms with Crippen molar-refractivity contribution in [3.05, 3.63) is 47.5 Å². The molecule has 9 nitrogen and oxygen atoms in total. The van der Waals surface area contributed by atoms with Crippen molar-refractivity contribution in [1.82, 2.24) is 14.9 Å². The van der Waals surface area contributed by atoms with Gasteiger partial charge in [-0.25, -0.2) is 14.4 Å². The Morgan fingerprint density at radius 2 is 2.11 bits per heavy atom. The minimum Gasteiger partial charge on any atom is -0.484 e. The molecule has 1 N–H and O–H groups in total. The Balaban J connectivity index is 1.51. The Bertz CT molecular complexity index is 1330. The predicted molar refractivity (Wildman–Crippen MR) is 141 cm³/mol. The fourth-order valence-corrected chi connectivity index (χ4v) is 4.87. The second-order valence-corrected chi connectivity index (χ2v) is 10.4. The first-order valence-electron chi connectivity index (χ1n) is 12.6. The molecule has 0 aliphatic carbocycles. The Morgan fingerprint density at radius 3 is 2.82 bits per heavy atom. The molecule has 0 saturated carbocycles. The first-order chi connectivity index (χ1) is 18.2. The number of anilines is 2. The van der Waals surface area contributed by atoms with Crippen LogP contribution in [0.25, 0.3) is 10.9 Å². The molecule has 202 valence electrons. The van der Waals surface area contributed by atoms with Gasteiger partial charge in [-0.15, -0.1) is 0 Å². The number of nitrogens with zero attached hydrogens (tertiary/aromatic N) is 3. The molecule has 11 heteroatoms. The zero-order valence-corrected chi connectivity index (χ0v) is 22.3. The van der Waals surface area contributed by atoms with E-state index in [1.807, 2.05) is 37.8 Å². The van der Waals surface area contributed by atoms with Crippen LogP contribution in [-0.4, -0.2) is 65.1 Å². The van der Waals surface area contributed by atoms with Crippen molar-refractivity contribution in [2.75, 3.05) is 31.6 Å². The highest BCUT2D eigenvalue weighted by Crippen LogP contribution is 2.38. The number of carbonyl (C=O) groups is 1. The molecule has 0 amide bonds. The van der Waals surface area contributed by atoms with Crippen molar-refractivity contribution in [2.45, 2.75) is 51.5 Å². The van der Waals surface area contributed by atoms with Crippen LogP contribution in [0.2, 0.25) is 5.02 Å². The van der Waals surface area contributed by atoms with E-state index in [9.17, 15) is 9.18 Å². The maximum atomic E-state index is 13.7. The minimum absolute atomic E-state index is 0.000577. The van der Waals surface area contributed by atoms with Gasteiger partial charge in [0.25, 0.3) is 0 Å². The van der Waals surface area contributed by atoms with E-state index >= 15 is 0 Å². The molecule has 1 aromatic heterocycles. The number of cyclic esters (lactones) is 1. The zero-order chi connectivity index (χ0) is 26.9. The quantitative estimate of drug-likeness (QED) is 0.389. The number of hydrogen-bond donors (Lipinski definition) is 1. The molecule has 2 fully saturated rings. The second-order valence-electron chi connectivity index (χ2n) is 10.0. The number of halogens is 2. The van der Waals surface area contributed by atoms with Gasteiger partial charge in [-0.3, -0.25) is 9.69 Å². The molecule has 2 atom stereocenters. The van der Waals surface area contributed by atoms with E-state index in [1.165, 1.54) is 18.5 Å². The van der Waals surface area contributed by atoms with Gasteiger partial charge in [-0.1, -0.05) is 18.5 Å². The number of ether oxygens (including phenoxy) is 4. The Kier molecular flexibility index (Phi) is 7.56. The molecule has 2 unspecified atom stereocenters. The normalized spacial score (nSPS) is 20.2. The van der Waals surface area contributed by atoms with Gasteiger partial charge >= 0.3 is 5.97 Å². The van der Waals surface area contributed by atoms with E-state index in [-0.39, 0.29) is 23.6 Å². The number of esters is 1. The molecule has 0 bridgehead atoms. The number of carbonyl (C=O) groups excluding carboxylic acids is 1. The molecule has 2 aliphatic rings. The Hall–Kier alpha value is -3.21. The van der Waals surface area contributed by atoms with Gasteiger partial charge in [-0.2, -0.15) is 0 Å². The summed E-state index contributed by atoms with van der Waals surface area (Å²) >= 11 is 5.97. The first-order valence-corrected chi connectivity index (χ1v) is 13.0. The monoisotopic (exact) mass is 544 g/mol. The summed E-state index contributed by atoms with van der Waals surface area (Å²) in [4.78, 5) is 23.1. The van der Waals surface area contributed by atoms with Crippen LogP contribution in [-0.2, 0) is 14.3 Å². The molecular formula is C27H30ClFN4O5. The molecular weight excluding hydrogens is 515 g/mol. The highest BCUT2D eigenvalue weighted by atomic mass is 35.5. The minimum atomic E-state index is -0.628. The highest BCUT2D eigenvalue weighted by Gasteiger charge is 2.37. The van der Waals surface area contributed by atoms with Gasteiger partial charge in [0, 0.05) is 30.1 Å². The molecule has 3 aromatic rings. The molecule has 3 heterocycles. The summed E-state index contributed by atoms with van der Waals surface area (Å²) in [5, 5.41) is 3.86. The van der Waals surface area contributed by atoms with E-state index in [1.54, 1.807) is 6.07 Å². The molecule has 2 aliphatic heterocycles. The van der Waals surface area contributed by atoms with Crippen molar-refractivity contribution >= 4 is 40.0 Å². The standard InChI is InChI=1S/C27H30ClFN4O5/c1-4-24(33-12-25(34)38-27(2,3)14-33)37-22-10-18-21(11-23(22)36-17-7-8-35-13-17)30-15-31-26(18)32-16-5-6-20(29)19(28)9-16/h5-6,9-11,15,17,24H,4,7-8,12-14H2,1-3H3,(H,30,31,32). The lowest BCUT2D eigenvalue weighted by atomic mass is 10.1. The van der Waals surface area contributed by atoms with Crippen LogP contribution in [0.15, 0.2) is 36.7 Å². The van der Waals surface area contributed by atoms with Crippen LogP contribution in [0.1, 0.15) is 33.6 Å². The zero-order valence-electron chi connectivity index (χ0n) is 21.5. The van der Waals surface area contributed by atoms with Crippen molar-refractivity contribution in [1.29, 1.82) is 0 Å². The smallest absolute Gasteiger partial charge is 0.320 e. The summed E-state index contributed by atoms with van der Waals surface area (Å²) in [6.07, 6.45) is 2.31. The topological polar surface area (TPSA) is 95.0 Å². The number of hydrogen-bond acceptors (Lipinski definition) is 9. The lowest BCUT2D eigenvalue weighted by Crippen LogP contribution is -2.55. The molecule has 2 saturated heterocycles. The number of rotatable bonds is 8. The number of fused-ring (bicyclic) bond motifs is 1. The Morgan fingerprint density at radius 1 is 1.26 bits per heavy atom. The van der Waals surface area contributed by atoms with Gasteiger partial charge in [-0.05, 0) is 44.5 Å². The van der Waals surface area contributed by atoms with Crippen LogP contribution >= 0.6 is 11.6 Å². The molecule has 38 heavy (non-hydrogen) atoms. The van der Waals surface area contributed by atoms with Gasteiger partial charge < -0.3 is 24.3 Å². The second kappa shape index (κ2) is 10.9. The summed E-state index contributed by atoms with van der Waals surface area (Å²) in [7, 11) is 0. The largest absolute Gasteiger partial charge is 0.484 e. The van der Waals surface area contributed by atoms with Crippen LogP contribution in [0, 0.1) is 5.82 Å². The van der Waals surface area contributed by atoms with Gasteiger partial charge in [0.2, 0.25) is 0 Å². The number of aromatic nitrogens is 2. The van der Waals surface area contributed by atoms with Crippen molar-refractivity contribution in [3.63, 3.8) is 0 Å². The number of morpholine rings is 1. The van der Waals surface area contributed by atoms with Crippen LogP contribution < -0.4 is 14.8 Å². The fraction of sp³-hybridized carbons (Fsp3) is 0.444. The summed E-state index contributed by atoms with van der Waals surface area (Å²) in [6.45, 7) is 7.54. The van der Waals surface area contributed by atoms with E-state index in [0.717, 1.165) is 6.42 Å². The SMILES string of the molecule is CCC(Oc1cc2c(Nc3ccc(F)c(Cl)c3)ncnc2cc1OC1CCOC1)N1CC(=O)OC(C)(C)C1. The third-order valence-corrected chi connectivity index (χ3v) is 6.68. The molecule has 0 spiro atoms. The molecule has 0 radical (unpaired) electrons. The lowest BCUT2D eigenvalue weighted by Gasteiger charge is -2.40. The van der Waals surface area contributed by atoms with E-state index in [2.05, 4.69) is 15.3 Å². The summed E-state index contributed by atoms with van der Waals surface area (Å²) < 4.78 is 37.5. The summed E-state index contributed by atoms with van der Waals surface area (Å²) in [5.74, 6) is 0.713. The predicted octanol–water partition coefficient (Wildman–Crippen LogP) is 5.09. The van der Waals surface area contributed by atoms with Crippen LogP contribution in [0.3, 0.4) is 0 Å². The Labute approximate surface area is 225 Å².